The fourth-order valence-electron chi connectivity index (χ4n) is 4.48. The summed E-state index contributed by atoms with van der Waals surface area (Å²) in [6.45, 7) is 0.349. The predicted octanol–water partition coefficient (Wildman–Crippen LogP) is 5.43. The summed E-state index contributed by atoms with van der Waals surface area (Å²) in [4.78, 5) is 33.9. The van der Waals surface area contributed by atoms with E-state index in [1.807, 2.05) is 0 Å². The number of carbonyl (C=O) groups is 2. The Morgan fingerprint density at radius 1 is 1.11 bits per heavy atom. The molecule has 12 heteroatoms. The van der Waals surface area contributed by atoms with Crippen LogP contribution in [0.25, 0.3) is 11.0 Å². The molecule has 9 nitrogen and oxygen atoms in total. The van der Waals surface area contributed by atoms with Gasteiger partial charge in [-0.15, -0.1) is 0 Å². The van der Waals surface area contributed by atoms with Crippen molar-refractivity contribution in [2.75, 3.05) is 10.6 Å². The average Bonchev–Trinajstić information content (AvgIpc) is 3.51. The number of rotatable bonds is 6. The molecule has 0 aliphatic heterocycles. The smallest absolute Gasteiger partial charge is 0.306 e. The Bertz CT molecular complexity index is 1410. The van der Waals surface area contributed by atoms with Crippen molar-refractivity contribution in [3.8, 4) is 0 Å². The van der Waals surface area contributed by atoms with Crippen LogP contribution < -0.4 is 10.6 Å². The van der Waals surface area contributed by atoms with Crippen molar-refractivity contribution in [3.05, 3.63) is 66.8 Å². The van der Waals surface area contributed by atoms with Crippen LogP contribution >= 0.6 is 0 Å². The van der Waals surface area contributed by atoms with E-state index in [9.17, 15) is 22.8 Å². The van der Waals surface area contributed by atoms with Crippen molar-refractivity contribution in [1.29, 1.82) is 0 Å². The monoisotopic (exact) mass is 511 g/mol. The zero-order valence-electron chi connectivity index (χ0n) is 19.7. The summed E-state index contributed by atoms with van der Waals surface area (Å²) in [7, 11) is 0. The largest absolute Gasteiger partial charge is 0.323 e. The van der Waals surface area contributed by atoms with Crippen molar-refractivity contribution in [3.63, 3.8) is 0 Å². The number of aryl methyl sites for hydroxylation is 1. The van der Waals surface area contributed by atoms with E-state index >= 15 is 0 Å². The second-order valence-electron chi connectivity index (χ2n) is 9.03. The SMILES string of the molecule is O=C(Nc1ccc(C2CCC(F)(F)CC2)nc1)Nc1cn(C(=O)CCn2cccn2)c2ncc(F)cc12. The van der Waals surface area contributed by atoms with E-state index in [4.69, 9.17) is 0 Å². The highest BCUT2D eigenvalue weighted by Gasteiger charge is 2.35. The van der Waals surface area contributed by atoms with Crippen molar-refractivity contribution < 1.29 is 22.8 Å². The van der Waals surface area contributed by atoms with Gasteiger partial charge in [-0.2, -0.15) is 5.10 Å². The molecule has 4 heterocycles. The molecule has 2 amide bonds. The Labute approximate surface area is 209 Å². The predicted molar refractivity (Wildman–Crippen MR) is 130 cm³/mol. The van der Waals surface area contributed by atoms with Crippen LogP contribution in [0.4, 0.5) is 29.3 Å². The highest BCUT2D eigenvalue weighted by atomic mass is 19.3. The lowest BCUT2D eigenvalue weighted by Gasteiger charge is -2.27. The van der Waals surface area contributed by atoms with E-state index < -0.39 is 17.8 Å². The molecule has 1 fully saturated rings. The lowest BCUT2D eigenvalue weighted by atomic mass is 9.84. The summed E-state index contributed by atoms with van der Waals surface area (Å²) in [6.07, 6.45) is 7.75. The van der Waals surface area contributed by atoms with E-state index in [-0.39, 0.29) is 47.8 Å². The van der Waals surface area contributed by atoms with Gasteiger partial charge in [-0.25, -0.2) is 22.9 Å². The van der Waals surface area contributed by atoms with Gasteiger partial charge in [-0.1, -0.05) is 0 Å². The maximum Gasteiger partial charge on any atom is 0.323 e. The fourth-order valence-corrected chi connectivity index (χ4v) is 4.48. The number of halogens is 3. The first-order valence-corrected chi connectivity index (χ1v) is 11.9. The van der Waals surface area contributed by atoms with E-state index in [2.05, 4.69) is 25.7 Å². The number of carbonyl (C=O) groups excluding carboxylic acids is 2. The Morgan fingerprint density at radius 2 is 1.92 bits per heavy atom. The Morgan fingerprint density at radius 3 is 2.62 bits per heavy atom. The summed E-state index contributed by atoms with van der Waals surface area (Å²) >= 11 is 0. The molecule has 1 aliphatic rings. The number of fused-ring (bicyclic) bond motifs is 1. The van der Waals surface area contributed by atoms with Gasteiger partial charge in [-0.3, -0.25) is 19.0 Å². The van der Waals surface area contributed by atoms with Crippen molar-refractivity contribution in [2.24, 2.45) is 0 Å². The molecule has 0 aromatic carbocycles. The Kier molecular flexibility index (Phi) is 6.64. The number of hydrogen-bond donors (Lipinski definition) is 2. The molecular weight excluding hydrogens is 487 g/mol. The van der Waals surface area contributed by atoms with E-state index in [1.165, 1.54) is 23.0 Å². The molecule has 192 valence electrons. The van der Waals surface area contributed by atoms with E-state index in [1.54, 1.807) is 35.3 Å². The van der Waals surface area contributed by atoms with Gasteiger partial charge in [0.1, 0.15) is 11.5 Å². The first-order chi connectivity index (χ1) is 17.8. The molecule has 37 heavy (non-hydrogen) atoms. The van der Waals surface area contributed by atoms with Gasteiger partial charge in [-0.05, 0) is 37.1 Å². The van der Waals surface area contributed by atoms with Gasteiger partial charge in [0.05, 0.1) is 23.8 Å². The molecule has 4 aromatic rings. The van der Waals surface area contributed by atoms with Gasteiger partial charge < -0.3 is 10.6 Å². The van der Waals surface area contributed by atoms with Crippen LogP contribution in [0.2, 0.25) is 0 Å². The molecule has 1 aliphatic carbocycles. The van der Waals surface area contributed by atoms with Gasteiger partial charge in [0.15, 0.2) is 0 Å². The Hall–Kier alpha value is -4.22. The van der Waals surface area contributed by atoms with Crippen LogP contribution in [0.5, 0.6) is 0 Å². The molecule has 5 rings (SSSR count). The highest BCUT2D eigenvalue weighted by Crippen LogP contribution is 2.40. The summed E-state index contributed by atoms with van der Waals surface area (Å²) < 4.78 is 43.7. The number of anilines is 2. The minimum absolute atomic E-state index is 0.0399. The van der Waals surface area contributed by atoms with Crippen LogP contribution in [-0.2, 0) is 6.54 Å². The van der Waals surface area contributed by atoms with Crippen molar-refractivity contribution in [1.82, 2.24) is 24.3 Å². The molecule has 1 saturated carbocycles. The van der Waals surface area contributed by atoms with Crippen molar-refractivity contribution in [2.45, 2.75) is 50.5 Å². The van der Waals surface area contributed by atoms with Crippen LogP contribution in [0.1, 0.15) is 48.5 Å². The number of pyridine rings is 2. The zero-order chi connectivity index (χ0) is 26.0. The standard InChI is InChI=1S/C25H24F3N7O2/c26-17-12-19-21(15-35(23(19)30-13-17)22(36)6-11-34-10-1-9-31-34)33-24(37)32-18-2-3-20(29-14-18)16-4-7-25(27,28)8-5-16/h1-3,9-10,12-16H,4-8,11H2,(H2,32,33,37). The molecule has 0 bridgehead atoms. The normalized spacial score (nSPS) is 15.5. The van der Waals surface area contributed by atoms with Gasteiger partial charge >= 0.3 is 6.03 Å². The molecule has 0 radical (unpaired) electrons. The summed E-state index contributed by atoms with van der Waals surface area (Å²) in [5, 5.41) is 9.61. The van der Waals surface area contributed by atoms with E-state index in [0.717, 1.165) is 6.20 Å². The van der Waals surface area contributed by atoms with Crippen molar-refractivity contribution >= 4 is 34.3 Å². The molecule has 4 aromatic heterocycles. The number of hydrogen-bond acceptors (Lipinski definition) is 5. The first kappa shape index (κ1) is 24.5. The molecule has 0 saturated heterocycles. The molecule has 0 atom stereocenters. The molecular formula is C25H24F3N7O2. The summed E-state index contributed by atoms with van der Waals surface area (Å²) in [5.41, 5.74) is 1.52. The number of alkyl halides is 2. The highest BCUT2D eigenvalue weighted by molar-refractivity contribution is 6.07. The summed E-state index contributed by atoms with van der Waals surface area (Å²) in [5.74, 6) is -3.56. The molecule has 2 N–H and O–H groups in total. The van der Waals surface area contributed by atoms with Crippen LogP contribution in [0, 0.1) is 5.82 Å². The fraction of sp³-hybridized carbons (Fsp3) is 0.320. The first-order valence-electron chi connectivity index (χ1n) is 11.9. The minimum Gasteiger partial charge on any atom is -0.306 e. The molecule has 0 unspecified atom stereocenters. The number of urea groups is 1. The lowest BCUT2D eigenvalue weighted by Crippen LogP contribution is -2.24. The summed E-state index contributed by atoms with van der Waals surface area (Å²) in [6, 6.07) is 5.68. The third-order valence-electron chi connectivity index (χ3n) is 6.42. The number of amides is 2. The number of nitrogens with zero attached hydrogens (tertiary/aromatic N) is 5. The van der Waals surface area contributed by atoms with E-state index in [0.29, 0.717) is 30.8 Å². The van der Waals surface area contributed by atoms with Crippen LogP contribution in [0.15, 0.2) is 55.2 Å². The second-order valence-corrected chi connectivity index (χ2v) is 9.03. The zero-order valence-corrected chi connectivity index (χ0v) is 19.7. The van der Waals surface area contributed by atoms with Crippen LogP contribution in [-0.4, -0.2) is 42.2 Å². The maximum atomic E-state index is 13.9. The topological polar surface area (TPSA) is 107 Å². The molecule has 0 spiro atoms. The average molecular weight is 512 g/mol. The number of aromatic nitrogens is 5. The quantitative estimate of drug-likeness (QED) is 0.359. The van der Waals surface area contributed by atoms with Gasteiger partial charge in [0, 0.05) is 61.4 Å². The van der Waals surface area contributed by atoms with Gasteiger partial charge in [0.25, 0.3) is 0 Å². The second kappa shape index (κ2) is 10.0. The number of nitrogens with one attached hydrogen (secondary N) is 2. The maximum absolute atomic E-state index is 13.9. The lowest BCUT2D eigenvalue weighted by molar-refractivity contribution is -0.0384. The third-order valence-corrected chi connectivity index (χ3v) is 6.42. The van der Waals surface area contributed by atoms with Crippen LogP contribution in [0.3, 0.4) is 0 Å². The Balaban J connectivity index is 1.27. The third kappa shape index (κ3) is 5.63. The van der Waals surface area contributed by atoms with Gasteiger partial charge in [0.2, 0.25) is 11.8 Å². The minimum atomic E-state index is -2.61.